The smallest absolute Gasteiger partial charge is 0.268 e. The van der Waals surface area contributed by atoms with Crippen LogP contribution in [0.2, 0.25) is 0 Å². The molecule has 0 radical (unpaired) electrons. The first-order chi connectivity index (χ1) is 8.66. The average molecular weight is 257 g/mol. The van der Waals surface area contributed by atoms with E-state index in [-0.39, 0.29) is 11.9 Å². The molecule has 1 aliphatic rings. The first kappa shape index (κ1) is 13.0. The van der Waals surface area contributed by atoms with E-state index in [1.54, 1.807) is 12.1 Å². The summed E-state index contributed by atoms with van der Waals surface area (Å²) in [6.45, 7) is 1.26. The van der Waals surface area contributed by atoms with Gasteiger partial charge in [0.1, 0.15) is 5.69 Å². The van der Waals surface area contributed by atoms with Crippen LogP contribution in [-0.4, -0.2) is 36.0 Å². The highest BCUT2D eigenvalue weighted by molar-refractivity contribution is 5.92. The van der Waals surface area contributed by atoms with E-state index in [0.717, 1.165) is 25.9 Å². The predicted octanol–water partition coefficient (Wildman–Crippen LogP) is 1.23. The van der Waals surface area contributed by atoms with Gasteiger partial charge in [-0.1, -0.05) is 0 Å². The lowest BCUT2D eigenvalue weighted by Crippen LogP contribution is -2.46. The molecule has 0 saturated carbocycles. The SMILES string of the molecule is O=C(N[C@H]1CCCNC1)c1cccn1CC(F)F. The van der Waals surface area contributed by atoms with Crippen molar-refractivity contribution in [3.8, 4) is 0 Å². The highest BCUT2D eigenvalue weighted by Crippen LogP contribution is 2.08. The van der Waals surface area contributed by atoms with Crippen molar-refractivity contribution in [1.82, 2.24) is 15.2 Å². The van der Waals surface area contributed by atoms with Crippen molar-refractivity contribution in [3.63, 3.8) is 0 Å². The van der Waals surface area contributed by atoms with E-state index >= 15 is 0 Å². The van der Waals surface area contributed by atoms with Crippen molar-refractivity contribution < 1.29 is 13.6 Å². The van der Waals surface area contributed by atoms with Gasteiger partial charge in [-0.25, -0.2) is 8.78 Å². The third kappa shape index (κ3) is 3.29. The van der Waals surface area contributed by atoms with Gasteiger partial charge in [0.15, 0.2) is 0 Å². The van der Waals surface area contributed by atoms with Crippen LogP contribution in [0.25, 0.3) is 0 Å². The Morgan fingerprint density at radius 3 is 3.11 bits per heavy atom. The Morgan fingerprint density at radius 1 is 1.61 bits per heavy atom. The number of carbonyl (C=O) groups is 1. The standard InChI is InChI=1S/C12H17F2N3O/c13-11(14)8-17-6-2-4-10(17)12(18)16-9-3-1-5-15-7-9/h2,4,6,9,11,15H,1,3,5,7-8H2,(H,16,18)/t9-/m0/s1. The summed E-state index contributed by atoms with van der Waals surface area (Å²) in [5.74, 6) is -0.283. The maximum Gasteiger partial charge on any atom is 0.268 e. The molecule has 2 N–H and O–H groups in total. The van der Waals surface area contributed by atoms with E-state index in [0.29, 0.717) is 5.69 Å². The quantitative estimate of drug-likeness (QED) is 0.852. The van der Waals surface area contributed by atoms with Crippen molar-refractivity contribution in [2.45, 2.75) is 31.9 Å². The lowest BCUT2D eigenvalue weighted by atomic mass is 10.1. The molecule has 2 heterocycles. The van der Waals surface area contributed by atoms with Crippen molar-refractivity contribution >= 4 is 5.91 Å². The summed E-state index contributed by atoms with van der Waals surface area (Å²) in [6.07, 6.45) is 0.984. The van der Waals surface area contributed by atoms with Gasteiger partial charge in [-0.15, -0.1) is 0 Å². The topological polar surface area (TPSA) is 46.1 Å². The lowest BCUT2D eigenvalue weighted by molar-refractivity contribution is 0.0908. The number of carbonyl (C=O) groups excluding carboxylic acids is 1. The van der Waals surface area contributed by atoms with E-state index in [2.05, 4.69) is 10.6 Å². The Hall–Kier alpha value is -1.43. The Morgan fingerprint density at radius 2 is 2.44 bits per heavy atom. The van der Waals surface area contributed by atoms with Crippen molar-refractivity contribution in [3.05, 3.63) is 24.0 Å². The Kier molecular flexibility index (Phi) is 4.30. The number of aromatic nitrogens is 1. The van der Waals surface area contributed by atoms with Crippen LogP contribution >= 0.6 is 0 Å². The fraction of sp³-hybridized carbons (Fsp3) is 0.583. The van der Waals surface area contributed by atoms with Crippen molar-refractivity contribution in [1.29, 1.82) is 0 Å². The Balaban J connectivity index is 1.97. The molecule has 1 amide bonds. The summed E-state index contributed by atoms with van der Waals surface area (Å²) in [5.41, 5.74) is 0.292. The number of hydrogen-bond acceptors (Lipinski definition) is 2. The molecule has 100 valence electrons. The predicted molar refractivity (Wildman–Crippen MR) is 63.8 cm³/mol. The second kappa shape index (κ2) is 5.95. The summed E-state index contributed by atoms with van der Waals surface area (Å²) >= 11 is 0. The van der Waals surface area contributed by atoms with Gasteiger partial charge in [-0.2, -0.15) is 0 Å². The number of hydrogen-bond donors (Lipinski definition) is 2. The fourth-order valence-corrected chi connectivity index (χ4v) is 2.16. The highest BCUT2D eigenvalue weighted by atomic mass is 19.3. The number of piperidine rings is 1. The third-order valence-electron chi connectivity index (χ3n) is 3.03. The maximum atomic E-state index is 12.3. The third-order valence-corrected chi connectivity index (χ3v) is 3.03. The molecule has 1 saturated heterocycles. The molecule has 0 bridgehead atoms. The number of alkyl halides is 2. The number of halogens is 2. The number of rotatable bonds is 4. The fourth-order valence-electron chi connectivity index (χ4n) is 2.16. The normalized spacial score (nSPS) is 20.1. The van der Waals surface area contributed by atoms with Gasteiger partial charge in [0, 0.05) is 18.8 Å². The lowest BCUT2D eigenvalue weighted by Gasteiger charge is -2.24. The van der Waals surface area contributed by atoms with E-state index in [1.165, 1.54) is 10.8 Å². The van der Waals surface area contributed by atoms with E-state index in [9.17, 15) is 13.6 Å². The molecule has 1 aromatic rings. The maximum absolute atomic E-state index is 12.3. The molecule has 6 heteroatoms. The molecule has 1 aliphatic heterocycles. The first-order valence-electron chi connectivity index (χ1n) is 6.11. The van der Waals surface area contributed by atoms with Crippen LogP contribution in [0.5, 0.6) is 0 Å². The molecule has 0 unspecified atom stereocenters. The Labute approximate surface area is 104 Å². The first-order valence-corrected chi connectivity index (χ1v) is 6.11. The Bertz CT molecular complexity index is 400. The molecule has 0 spiro atoms. The van der Waals surface area contributed by atoms with Gasteiger partial charge in [0.05, 0.1) is 6.54 Å². The van der Waals surface area contributed by atoms with Crippen LogP contribution in [0.15, 0.2) is 18.3 Å². The summed E-state index contributed by atoms with van der Waals surface area (Å²) in [7, 11) is 0. The van der Waals surface area contributed by atoms with Crippen LogP contribution in [-0.2, 0) is 6.54 Å². The number of amides is 1. The van der Waals surface area contributed by atoms with Crippen LogP contribution in [0, 0.1) is 0 Å². The van der Waals surface area contributed by atoms with Crippen molar-refractivity contribution in [2.75, 3.05) is 13.1 Å². The second-order valence-corrected chi connectivity index (χ2v) is 4.45. The van der Waals surface area contributed by atoms with Crippen LogP contribution in [0.3, 0.4) is 0 Å². The second-order valence-electron chi connectivity index (χ2n) is 4.45. The van der Waals surface area contributed by atoms with Gasteiger partial charge in [0.25, 0.3) is 12.3 Å². The number of nitrogens with one attached hydrogen (secondary N) is 2. The van der Waals surface area contributed by atoms with Gasteiger partial charge in [-0.3, -0.25) is 4.79 Å². The average Bonchev–Trinajstić information content (AvgIpc) is 2.77. The van der Waals surface area contributed by atoms with Gasteiger partial charge >= 0.3 is 0 Å². The van der Waals surface area contributed by atoms with E-state index in [4.69, 9.17) is 0 Å². The molecule has 1 atom stereocenters. The van der Waals surface area contributed by atoms with Crippen molar-refractivity contribution in [2.24, 2.45) is 0 Å². The molecule has 0 aliphatic carbocycles. The molecule has 18 heavy (non-hydrogen) atoms. The zero-order valence-corrected chi connectivity index (χ0v) is 10.0. The minimum absolute atomic E-state index is 0.0844. The summed E-state index contributed by atoms with van der Waals surface area (Å²) < 4.78 is 26.0. The van der Waals surface area contributed by atoms with Crippen LogP contribution in [0.1, 0.15) is 23.3 Å². The van der Waals surface area contributed by atoms with Crippen LogP contribution < -0.4 is 10.6 Å². The largest absolute Gasteiger partial charge is 0.347 e. The van der Waals surface area contributed by atoms with Gasteiger partial charge in [-0.05, 0) is 31.5 Å². The number of nitrogens with zero attached hydrogens (tertiary/aromatic N) is 1. The minimum atomic E-state index is -2.46. The molecule has 2 rings (SSSR count). The highest BCUT2D eigenvalue weighted by Gasteiger charge is 2.19. The zero-order valence-electron chi connectivity index (χ0n) is 10.0. The minimum Gasteiger partial charge on any atom is -0.347 e. The van der Waals surface area contributed by atoms with Gasteiger partial charge < -0.3 is 15.2 Å². The molecular formula is C12H17F2N3O. The van der Waals surface area contributed by atoms with E-state index < -0.39 is 13.0 Å². The molecule has 0 aromatic carbocycles. The van der Waals surface area contributed by atoms with Gasteiger partial charge in [0.2, 0.25) is 0 Å². The molecule has 1 fully saturated rings. The monoisotopic (exact) mass is 257 g/mol. The summed E-state index contributed by atoms with van der Waals surface area (Å²) in [5, 5.41) is 6.06. The summed E-state index contributed by atoms with van der Waals surface area (Å²) in [4.78, 5) is 12.0. The molecule has 1 aromatic heterocycles. The molecular weight excluding hydrogens is 240 g/mol. The summed E-state index contributed by atoms with van der Waals surface area (Å²) in [6, 6.07) is 3.26. The van der Waals surface area contributed by atoms with Crippen LogP contribution in [0.4, 0.5) is 8.78 Å². The van der Waals surface area contributed by atoms with E-state index in [1.807, 2.05) is 0 Å². The molecule has 4 nitrogen and oxygen atoms in total. The zero-order chi connectivity index (χ0) is 13.0.